The van der Waals surface area contributed by atoms with Gasteiger partial charge in [-0.15, -0.1) is 0 Å². The minimum Gasteiger partial charge on any atom is -0.456 e. The van der Waals surface area contributed by atoms with Crippen LogP contribution in [0.3, 0.4) is 0 Å². The van der Waals surface area contributed by atoms with Crippen LogP contribution >= 0.6 is 0 Å². The van der Waals surface area contributed by atoms with E-state index in [0.717, 1.165) is 38.7 Å². The van der Waals surface area contributed by atoms with Gasteiger partial charge in [0.05, 0.1) is 5.52 Å². The first-order valence-electron chi connectivity index (χ1n) is 10.3. The molecule has 0 radical (unpaired) electrons. The van der Waals surface area contributed by atoms with E-state index in [1.54, 1.807) is 0 Å². The first kappa shape index (κ1) is 17.7. The summed E-state index contributed by atoms with van der Waals surface area (Å²) in [5.74, 6) is 0.0218. The third-order valence-corrected chi connectivity index (χ3v) is 5.97. The monoisotopic (exact) mass is 401 g/mol. The van der Waals surface area contributed by atoms with Crippen molar-refractivity contribution in [1.82, 2.24) is 4.57 Å². The molecule has 0 saturated heterocycles. The summed E-state index contributed by atoms with van der Waals surface area (Å²) in [6.45, 7) is 1.99. The minimum absolute atomic E-state index is 0.0218. The summed E-state index contributed by atoms with van der Waals surface area (Å²) in [7, 11) is 0. The highest BCUT2D eigenvalue weighted by atomic mass is 16.3. The van der Waals surface area contributed by atoms with E-state index in [1.165, 1.54) is 5.39 Å². The Kier molecular flexibility index (Phi) is 3.84. The molecule has 148 valence electrons. The number of benzene rings is 4. The van der Waals surface area contributed by atoms with E-state index in [4.69, 9.17) is 4.42 Å². The fraction of sp³-hybridized carbons (Fsp3) is 0.0357. The van der Waals surface area contributed by atoms with Crippen LogP contribution in [-0.4, -0.2) is 10.4 Å². The Balaban J connectivity index is 1.41. The van der Waals surface area contributed by atoms with Crippen molar-refractivity contribution in [2.45, 2.75) is 6.92 Å². The van der Waals surface area contributed by atoms with Crippen LogP contribution in [0.2, 0.25) is 0 Å². The van der Waals surface area contributed by atoms with Crippen molar-refractivity contribution in [3.05, 3.63) is 114 Å². The van der Waals surface area contributed by atoms with Gasteiger partial charge in [0, 0.05) is 33.8 Å². The third kappa shape index (κ3) is 2.78. The number of aryl methyl sites for hydroxylation is 1. The van der Waals surface area contributed by atoms with Gasteiger partial charge in [-0.3, -0.25) is 4.79 Å². The number of ketones is 1. The molecule has 3 heteroatoms. The van der Waals surface area contributed by atoms with E-state index in [1.807, 2.05) is 73.7 Å². The lowest BCUT2D eigenvalue weighted by molar-refractivity contribution is 0.103. The van der Waals surface area contributed by atoms with Gasteiger partial charge in [0.2, 0.25) is 0 Å². The normalized spacial score (nSPS) is 11.5. The van der Waals surface area contributed by atoms with Gasteiger partial charge in [0.1, 0.15) is 11.2 Å². The zero-order valence-corrected chi connectivity index (χ0v) is 17.0. The van der Waals surface area contributed by atoms with Gasteiger partial charge in [-0.1, -0.05) is 36.4 Å². The second kappa shape index (κ2) is 6.71. The second-order valence-electron chi connectivity index (χ2n) is 7.88. The number of rotatable bonds is 3. The largest absolute Gasteiger partial charge is 0.456 e. The van der Waals surface area contributed by atoms with Crippen molar-refractivity contribution >= 4 is 38.6 Å². The number of hydrogen-bond donors (Lipinski definition) is 0. The summed E-state index contributed by atoms with van der Waals surface area (Å²) in [4.78, 5) is 13.3. The Morgan fingerprint density at radius 3 is 2.48 bits per heavy atom. The lowest BCUT2D eigenvalue weighted by atomic mass is 9.97. The number of nitrogens with zero attached hydrogens (tertiary/aromatic N) is 1. The molecule has 0 saturated carbocycles. The number of para-hydroxylation sites is 2. The van der Waals surface area contributed by atoms with E-state index in [0.29, 0.717) is 11.1 Å². The number of carbonyl (C=O) groups excluding carboxylic acids is 1. The fourth-order valence-electron chi connectivity index (χ4n) is 4.38. The predicted molar refractivity (Wildman–Crippen MR) is 125 cm³/mol. The maximum Gasteiger partial charge on any atom is 0.193 e. The van der Waals surface area contributed by atoms with Crippen molar-refractivity contribution in [2.24, 2.45) is 0 Å². The van der Waals surface area contributed by atoms with Crippen LogP contribution in [0.15, 0.2) is 102 Å². The highest BCUT2D eigenvalue weighted by molar-refractivity contribution is 6.14. The summed E-state index contributed by atoms with van der Waals surface area (Å²) < 4.78 is 8.05. The van der Waals surface area contributed by atoms with Gasteiger partial charge in [-0.05, 0) is 72.5 Å². The van der Waals surface area contributed by atoms with Gasteiger partial charge in [0.15, 0.2) is 5.78 Å². The van der Waals surface area contributed by atoms with Crippen molar-refractivity contribution < 1.29 is 9.21 Å². The third-order valence-electron chi connectivity index (χ3n) is 5.97. The van der Waals surface area contributed by atoms with Crippen LogP contribution in [0.5, 0.6) is 0 Å². The van der Waals surface area contributed by atoms with Crippen LogP contribution in [0.1, 0.15) is 21.5 Å². The van der Waals surface area contributed by atoms with Gasteiger partial charge in [0.25, 0.3) is 0 Å². The van der Waals surface area contributed by atoms with Crippen LogP contribution in [0.4, 0.5) is 0 Å². The smallest absolute Gasteiger partial charge is 0.193 e. The first-order chi connectivity index (χ1) is 15.2. The van der Waals surface area contributed by atoms with Gasteiger partial charge in [-0.2, -0.15) is 0 Å². The van der Waals surface area contributed by atoms with Gasteiger partial charge in [-0.25, -0.2) is 0 Å². The van der Waals surface area contributed by atoms with E-state index in [2.05, 4.69) is 35.0 Å². The first-order valence-corrected chi connectivity index (χ1v) is 10.3. The molecule has 0 bridgehead atoms. The molecule has 0 amide bonds. The number of aromatic nitrogens is 1. The molecule has 2 aromatic heterocycles. The van der Waals surface area contributed by atoms with Crippen LogP contribution in [-0.2, 0) is 0 Å². The summed E-state index contributed by atoms with van der Waals surface area (Å²) >= 11 is 0. The molecule has 2 heterocycles. The Morgan fingerprint density at radius 2 is 1.58 bits per heavy atom. The van der Waals surface area contributed by atoms with Gasteiger partial charge < -0.3 is 8.98 Å². The second-order valence-corrected chi connectivity index (χ2v) is 7.88. The SMILES string of the molecule is Cc1cc(-n2ccc3ccccc32)ccc1C(=O)c1ccc2oc3ccccc3c2c1. The molecule has 0 N–H and O–H groups in total. The van der Waals surface area contributed by atoms with Crippen LogP contribution in [0, 0.1) is 6.92 Å². The van der Waals surface area contributed by atoms with E-state index in [9.17, 15) is 4.79 Å². The van der Waals surface area contributed by atoms with Crippen molar-refractivity contribution in [1.29, 1.82) is 0 Å². The molecule has 3 nitrogen and oxygen atoms in total. The average Bonchev–Trinajstić information content (AvgIpc) is 3.40. The molecule has 0 atom stereocenters. The van der Waals surface area contributed by atoms with Crippen molar-refractivity contribution in [3.63, 3.8) is 0 Å². The molecular formula is C28H19NO2. The molecule has 0 spiro atoms. The van der Waals surface area contributed by atoms with Crippen molar-refractivity contribution in [3.8, 4) is 5.69 Å². The zero-order chi connectivity index (χ0) is 20.9. The number of fused-ring (bicyclic) bond motifs is 4. The minimum atomic E-state index is 0.0218. The molecule has 31 heavy (non-hydrogen) atoms. The Bertz CT molecular complexity index is 1620. The predicted octanol–water partition coefficient (Wildman–Crippen LogP) is 7.07. The number of furan rings is 1. The van der Waals surface area contributed by atoms with E-state index >= 15 is 0 Å². The average molecular weight is 401 g/mol. The Hall–Kier alpha value is -4.11. The summed E-state index contributed by atoms with van der Waals surface area (Å²) in [6, 6.07) is 30.0. The fourth-order valence-corrected chi connectivity index (χ4v) is 4.38. The summed E-state index contributed by atoms with van der Waals surface area (Å²) in [6.07, 6.45) is 2.07. The standard InChI is InChI=1S/C28H19NO2/c1-18-16-21(29-15-14-19-6-2-4-8-25(19)29)11-12-22(18)28(30)20-10-13-27-24(17-20)23-7-3-5-9-26(23)31-27/h2-17H,1H3. The summed E-state index contributed by atoms with van der Waals surface area (Å²) in [5, 5.41) is 3.19. The molecule has 6 aromatic rings. The van der Waals surface area contributed by atoms with Crippen LogP contribution < -0.4 is 0 Å². The number of hydrogen-bond acceptors (Lipinski definition) is 2. The van der Waals surface area contributed by atoms with E-state index < -0.39 is 0 Å². The molecule has 6 rings (SSSR count). The van der Waals surface area contributed by atoms with Crippen molar-refractivity contribution in [2.75, 3.05) is 0 Å². The highest BCUT2D eigenvalue weighted by Gasteiger charge is 2.15. The summed E-state index contributed by atoms with van der Waals surface area (Å²) in [5.41, 5.74) is 6.17. The Morgan fingerprint density at radius 1 is 0.774 bits per heavy atom. The molecular weight excluding hydrogens is 382 g/mol. The topological polar surface area (TPSA) is 35.1 Å². The zero-order valence-electron chi connectivity index (χ0n) is 17.0. The molecule has 4 aromatic carbocycles. The molecule has 0 aliphatic carbocycles. The number of carbonyl (C=O) groups is 1. The molecule has 0 unspecified atom stereocenters. The lowest BCUT2D eigenvalue weighted by Crippen LogP contribution is -2.05. The molecule has 0 aliphatic rings. The molecule has 0 aliphatic heterocycles. The highest BCUT2D eigenvalue weighted by Crippen LogP contribution is 2.30. The van der Waals surface area contributed by atoms with Crippen LogP contribution in [0.25, 0.3) is 38.5 Å². The Labute approximate surface area is 179 Å². The maximum absolute atomic E-state index is 13.3. The van der Waals surface area contributed by atoms with Gasteiger partial charge >= 0.3 is 0 Å². The van der Waals surface area contributed by atoms with E-state index in [-0.39, 0.29) is 5.78 Å². The maximum atomic E-state index is 13.3. The lowest BCUT2D eigenvalue weighted by Gasteiger charge is -2.10. The quantitative estimate of drug-likeness (QED) is 0.297. The molecule has 0 fully saturated rings.